The molecule has 7 heteroatoms. The van der Waals surface area contributed by atoms with E-state index in [4.69, 9.17) is 20.8 Å². The molecule has 0 spiro atoms. The molecule has 0 bridgehead atoms. The molecule has 162 valence electrons. The Labute approximate surface area is 191 Å². The Balaban J connectivity index is 1.48. The molecule has 0 aliphatic rings. The van der Waals surface area contributed by atoms with Crippen molar-refractivity contribution in [1.82, 2.24) is 10.2 Å². The topological polar surface area (TPSA) is 77.2 Å². The average Bonchev–Trinajstić information content (AvgIpc) is 3.26. The summed E-state index contributed by atoms with van der Waals surface area (Å²) in [6, 6.07) is 21.9. The highest BCUT2D eigenvalue weighted by Crippen LogP contribution is 2.27. The first-order valence-electron chi connectivity index (χ1n) is 10.1. The van der Waals surface area contributed by atoms with Gasteiger partial charge in [-0.05, 0) is 75.4 Å². The first kappa shape index (κ1) is 21.6. The summed E-state index contributed by atoms with van der Waals surface area (Å²) >= 11 is 5.91. The minimum absolute atomic E-state index is 0.296. The van der Waals surface area contributed by atoms with Gasteiger partial charge in [0.05, 0.1) is 0 Å². The van der Waals surface area contributed by atoms with Gasteiger partial charge in [-0.3, -0.25) is 4.79 Å². The lowest BCUT2D eigenvalue weighted by molar-refractivity contribution is -0.128. The third-order valence-corrected chi connectivity index (χ3v) is 5.08. The molecule has 0 unspecified atom stereocenters. The highest BCUT2D eigenvalue weighted by atomic mass is 35.5. The Kier molecular flexibility index (Phi) is 5.97. The van der Waals surface area contributed by atoms with Crippen LogP contribution in [0, 0.1) is 6.92 Å². The Morgan fingerprint density at radius 2 is 1.59 bits per heavy atom. The molecule has 1 N–H and O–H groups in total. The number of amides is 1. The zero-order chi connectivity index (χ0) is 22.7. The summed E-state index contributed by atoms with van der Waals surface area (Å²) in [5, 5.41) is 11.8. The molecule has 0 aliphatic carbocycles. The molecule has 1 aromatic heterocycles. The molecule has 0 aliphatic heterocycles. The number of anilines is 1. The van der Waals surface area contributed by atoms with Crippen LogP contribution in [0.15, 0.2) is 77.2 Å². The molecule has 0 saturated carbocycles. The number of nitrogens with zero attached hydrogens (tertiary/aromatic N) is 2. The van der Waals surface area contributed by atoms with Crippen molar-refractivity contribution < 1.29 is 13.9 Å². The van der Waals surface area contributed by atoms with E-state index in [1.165, 1.54) is 0 Å². The normalized spacial score (nSPS) is 11.2. The van der Waals surface area contributed by atoms with Crippen LogP contribution in [-0.2, 0) is 4.79 Å². The van der Waals surface area contributed by atoms with Gasteiger partial charge in [0.15, 0.2) is 5.60 Å². The Morgan fingerprint density at radius 3 is 2.28 bits per heavy atom. The third kappa shape index (κ3) is 4.98. The number of aryl methyl sites for hydroxylation is 1. The van der Waals surface area contributed by atoms with Crippen molar-refractivity contribution >= 4 is 23.2 Å². The fraction of sp³-hybridized carbons (Fsp3) is 0.160. The number of benzene rings is 3. The van der Waals surface area contributed by atoms with Crippen LogP contribution in [0.25, 0.3) is 22.9 Å². The van der Waals surface area contributed by atoms with Crippen LogP contribution in [-0.4, -0.2) is 21.7 Å². The quantitative estimate of drug-likeness (QED) is 0.383. The molecular weight excluding hydrogens is 426 g/mol. The zero-order valence-corrected chi connectivity index (χ0v) is 18.7. The molecule has 0 radical (unpaired) electrons. The second-order valence-electron chi connectivity index (χ2n) is 7.88. The molecule has 4 rings (SSSR count). The molecule has 1 heterocycles. The van der Waals surface area contributed by atoms with Crippen LogP contribution in [0.1, 0.15) is 19.4 Å². The van der Waals surface area contributed by atoms with Crippen molar-refractivity contribution in [2.24, 2.45) is 0 Å². The number of hydrogen-bond acceptors (Lipinski definition) is 5. The van der Waals surface area contributed by atoms with Crippen molar-refractivity contribution in [2.45, 2.75) is 26.4 Å². The first-order chi connectivity index (χ1) is 15.3. The highest BCUT2D eigenvalue weighted by molar-refractivity contribution is 6.30. The van der Waals surface area contributed by atoms with E-state index < -0.39 is 5.60 Å². The van der Waals surface area contributed by atoms with E-state index >= 15 is 0 Å². The minimum Gasteiger partial charge on any atom is -0.478 e. The maximum Gasteiger partial charge on any atom is 0.267 e. The van der Waals surface area contributed by atoms with Gasteiger partial charge in [0.25, 0.3) is 5.91 Å². The zero-order valence-electron chi connectivity index (χ0n) is 17.9. The Morgan fingerprint density at radius 1 is 0.938 bits per heavy atom. The predicted octanol–water partition coefficient (Wildman–Crippen LogP) is 6.16. The van der Waals surface area contributed by atoms with Crippen LogP contribution >= 0.6 is 11.6 Å². The standard InChI is InChI=1S/C25H22ClN3O3/c1-16-7-9-17(10-8-16)22-28-29-23(31-22)18-5-4-6-20(15-18)27-24(30)25(2,3)32-21-13-11-19(26)12-14-21/h4-15H,1-3H3,(H,27,30). The summed E-state index contributed by atoms with van der Waals surface area (Å²) in [7, 11) is 0. The molecule has 32 heavy (non-hydrogen) atoms. The van der Waals surface area contributed by atoms with Gasteiger partial charge in [-0.2, -0.15) is 0 Å². The number of rotatable bonds is 6. The summed E-state index contributed by atoms with van der Waals surface area (Å²) in [6.07, 6.45) is 0. The van der Waals surface area contributed by atoms with Gasteiger partial charge in [-0.25, -0.2) is 0 Å². The van der Waals surface area contributed by atoms with E-state index in [1.807, 2.05) is 43.3 Å². The fourth-order valence-corrected chi connectivity index (χ4v) is 3.13. The van der Waals surface area contributed by atoms with Gasteiger partial charge < -0.3 is 14.5 Å². The molecule has 3 aromatic carbocycles. The van der Waals surface area contributed by atoms with Crippen molar-refractivity contribution in [1.29, 1.82) is 0 Å². The van der Waals surface area contributed by atoms with E-state index in [2.05, 4.69) is 15.5 Å². The SMILES string of the molecule is Cc1ccc(-c2nnc(-c3cccc(NC(=O)C(C)(C)Oc4ccc(Cl)cc4)c3)o2)cc1. The molecular formula is C25H22ClN3O3. The van der Waals surface area contributed by atoms with Crippen molar-refractivity contribution in [3.8, 4) is 28.7 Å². The summed E-state index contributed by atoms with van der Waals surface area (Å²) in [5.74, 6) is 1.06. The predicted molar refractivity (Wildman–Crippen MR) is 125 cm³/mol. The summed E-state index contributed by atoms with van der Waals surface area (Å²) in [4.78, 5) is 12.9. The number of nitrogens with one attached hydrogen (secondary N) is 1. The number of ether oxygens (including phenoxy) is 1. The van der Waals surface area contributed by atoms with Crippen molar-refractivity contribution in [2.75, 3.05) is 5.32 Å². The van der Waals surface area contributed by atoms with E-state index in [0.717, 1.165) is 11.1 Å². The van der Waals surface area contributed by atoms with Crippen LogP contribution < -0.4 is 10.1 Å². The Bertz CT molecular complexity index is 1230. The lowest BCUT2D eigenvalue weighted by Crippen LogP contribution is -2.42. The van der Waals surface area contributed by atoms with Crippen molar-refractivity contribution in [3.63, 3.8) is 0 Å². The van der Waals surface area contributed by atoms with Gasteiger partial charge >= 0.3 is 0 Å². The third-order valence-electron chi connectivity index (χ3n) is 4.82. The van der Waals surface area contributed by atoms with Crippen LogP contribution in [0.2, 0.25) is 5.02 Å². The lowest BCUT2D eigenvalue weighted by atomic mass is 10.1. The summed E-state index contributed by atoms with van der Waals surface area (Å²) in [6.45, 7) is 5.42. The summed E-state index contributed by atoms with van der Waals surface area (Å²) < 4.78 is 11.7. The summed E-state index contributed by atoms with van der Waals surface area (Å²) in [5.41, 5.74) is 2.19. The minimum atomic E-state index is -1.10. The van der Waals surface area contributed by atoms with E-state index in [9.17, 15) is 4.79 Å². The van der Waals surface area contributed by atoms with Gasteiger partial charge in [0, 0.05) is 21.8 Å². The smallest absolute Gasteiger partial charge is 0.267 e. The number of carbonyl (C=O) groups excluding carboxylic acids is 1. The van der Waals surface area contributed by atoms with Gasteiger partial charge in [-0.15, -0.1) is 10.2 Å². The average molecular weight is 448 g/mol. The molecule has 0 atom stereocenters. The Hall–Kier alpha value is -3.64. The van der Waals surface area contributed by atoms with E-state index in [-0.39, 0.29) is 5.91 Å². The van der Waals surface area contributed by atoms with Crippen LogP contribution in [0.3, 0.4) is 0 Å². The molecule has 0 fully saturated rings. The number of hydrogen-bond donors (Lipinski definition) is 1. The molecule has 6 nitrogen and oxygen atoms in total. The van der Waals surface area contributed by atoms with Crippen LogP contribution in [0.4, 0.5) is 5.69 Å². The molecule has 0 saturated heterocycles. The van der Waals surface area contributed by atoms with E-state index in [1.54, 1.807) is 50.2 Å². The number of halogens is 1. The number of aromatic nitrogens is 2. The van der Waals surface area contributed by atoms with Gasteiger partial charge in [0.2, 0.25) is 11.8 Å². The second-order valence-corrected chi connectivity index (χ2v) is 8.32. The van der Waals surface area contributed by atoms with Crippen LogP contribution in [0.5, 0.6) is 5.75 Å². The maximum atomic E-state index is 12.9. The van der Waals surface area contributed by atoms with Gasteiger partial charge in [0.1, 0.15) is 5.75 Å². The highest BCUT2D eigenvalue weighted by Gasteiger charge is 2.30. The van der Waals surface area contributed by atoms with Gasteiger partial charge in [-0.1, -0.05) is 35.4 Å². The van der Waals surface area contributed by atoms with E-state index in [0.29, 0.717) is 33.8 Å². The molecule has 4 aromatic rings. The monoisotopic (exact) mass is 447 g/mol. The number of carbonyl (C=O) groups is 1. The lowest BCUT2D eigenvalue weighted by Gasteiger charge is -2.25. The fourth-order valence-electron chi connectivity index (χ4n) is 3.01. The largest absolute Gasteiger partial charge is 0.478 e. The van der Waals surface area contributed by atoms with Crippen molar-refractivity contribution in [3.05, 3.63) is 83.4 Å². The maximum absolute atomic E-state index is 12.9. The molecule has 1 amide bonds. The second kappa shape index (κ2) is 8.85. The first-order valence-corrected chi connectivity index (χ1v) is 10.4.